The number of hydrogen-bond acceptors (Lipinski definition) is 5. The Balaban J connectivity index is 2.53. The van der Waals surface area contributed by atoms with E-state index in [1.807, 2.05) is 6.07 Å². The number of carbonyl (C=O) groups excluding carboxylic acids is 1. The maximum atomic E-state index is 11.1. The molecule has 5 nitrogen and oxygen atoms in total. The lowest BCUT2D eigenvalue weighted by molar-refractivity contribution is -0.166. The van der Waals surface area contributed by atoms with Gasteiger partial charge in [-0.1, -0.05) is 24.8 Å². The molecule has 1 aromatic carbocycles. The minimum absolute atomic E-state index is 0.0367. The van der Waals surface area contributed by atoms with Gasteiger partial charge in [0.1, 0.15) is 12.4 Å². The van der Waals surface area contributed by atoms with Crippen LogP contribution in [0.5, 0.6) is 5.75 Å². The Bertz CT molecular complexity index is 363. The molecular formula is C13H16O5. The Kier molecular flexibility index (Phi) is 6.53. The quantitative estimate of drug-likeness (QED) is 0.325. The van der Waals surface area contributed by atoms with Crippen LogP contribution in [0.15, 0.2) is 43.0 Å². The fourth-order valence-electron chi connectivity index (χ4n) is 1.16. The maximum Gasteiger partial charge on any atom is 0.333 e. The van der Waals surface area contributed by atoms with Gasteiger partial charge in [-0.15, -0.1) is 0 Å². The van der Waals surface area contributed by atoms with Crippen LogP contribution in [0.25, 0.3) is 0 Å². The monoisotopic (exact) mass is 252 g/mol. The van der Waals surface area contributed by atoms with Crippen LogP contribution in [0, 0.1) is 0 Å². The molecule has 1 N–H and O–H groups in total. The molecule has 1 aromatic rings. The molecule has 18 heavy (non-hydrogen) atoms. The summed E-state index contributed by atoms with van der Waals surface area (Å²) in [7, 11) is 0. The summed E-state index contributed by atoms with van der Waals surface area (Å²) < 4.78 is 15.5. The average Bonchev–Trinajstić information content (AvgIpc) is 2.40. The van der Waals surface area contributed by atoms with Crippen molar-refractivity contribution in [2.45, 2.75) is 6.29 Å². The van der Waals surface area contributed by atoms with E-state index in [1.54, 1.807) is 24.3 Å². The molecule has 0 aliphatic carbocycles. The van der Waals surface area contributed by atoms with Crippen LogP contribution in [-0.4, -0.2) is 37.2 Å². The smallest absolute Gasteiger partial charge is 0.333 e. The summed E-state index contributed by atoms with van der Waals surface area (Å²) in [5.74, 6) is -0.0320. The number of carbonyl (C=O) groups is 1. The minimum Gasteiger partial charge on any atom is -0.452 e. The van der Waals surface area contributed by atoms with Gasteiger partial charge in [0.2, 0.25) is 0 Å². The molecule has 5 heteroatoms. The molecule has 0 heterocycles. The molecule has 0 amide bonds. The molecule has 1 atom stereocenters. The largest absolute Gasteiger partial charge is 0.452 e. The van der Waals surface area contributed by atoms with Gasteiger partial charge in [0.05, 0.1) is 13.2 Å². The fraction of sp³-hybridized carbons (Fsp3) is 0.308. The summed E-state index contributed by atoms with van der Waals surface area (Å²) in [5, 5.41) is 8.61. The molecule has 1 rings (SSSR count). The van der Waals surface area contributed by atoms with E-state index < -0.39 is 12.3 Å². The van der Waals surface area contributed by atoms with Gasteiger partial charge in [-0.2, -0.15) is 0 Å². The second-order valence-corrected chi connectivity index (χ2v) is 3.30. The second-order valence-electron chi connectivity index (χ2n) is 3.30. The summed E-state index contributed by atoms with van der Waals surface area (Å²) in [4.78, 5) is 11.1. The van der Waals surface area contributed by atoms with Gasteiger partial charge in [0.25, 0.3) is 6.29 Å². The summed E-state index contributed by atoms with van der Waals surface area (Å²) in [6.07, 6.45) is 0.178. The molecular weight excluding hydrogens is 236 g/mol. The van der Waals surface area contributed by atoms with Gasteiger partial charge in [0, 0.05) is 6.08 Å². The van der Waals surface area contributed by atoms with Crippen LogP contribution in [0.2, 0.25) is 0 Å². The van der Waals surface area contributed by atoms with Crippen LogP contribution in [0.1, 0.15) is 0 Å². The second kappa shape index (κ2) is 8.27. The molecule has 0 aromatic heterocycles. The van der Waals surface area contributed by atoms with Crippen LogP contribution in [0.3, 0.4) is 0 Å². The molecule has 0 radical (unpaired) electrons. The van der Waals surface area contributed by atoms with E-state index >= 15 is 0 Å². The number of ether oxygens (including phenoxy) is 3. The minimum atomic E-state index is -0.871. The number of benzene rings is 1. The van der Waals surface area contributed by atoms with Gasteiger partial charge in [0.15, 0.2) is 0 Å². The van der Waals surface area contributed by atoms with E-state index in [2.05, 4.69) is 6.58 Å². The van der Waals surface area contributed by atoms with Crippen LogP contribution in [0.4, 0.5) is 0 Å². The average molecular weight is 252 g/mol. The molecule has 98 valence electrons. The third-order valence-corrected chi connectivity index (χ3v) is 1.91. The molecule has 0 aliphatic heterocycles. The lowest BCUT2D eigenvalue weighted by Gasteiger charge is -2.18. The normalized spacial score (nSPS) is 11.6. The van der Waals surface area contributed by atoms with Crippen molar-refractivity contribution in [3.8, 4) is 5.75 Å². The van der Waals surface area contributed by atoms with Crippen LogP contribution >= 0.6 is 0 Å². The highest BCUT2D eigenvalue weighted by atomic mass is 16.7. The van der Waals surface area contributed by atoms with Gasteiger partial charge >= 0.3 is 5.97 Å². The third-order valence-electron chi connectivity index (χ3n) is 1.91. The van der Waals surface area contributed by atoms with E-state index in [4.69, 9.17) is 19.3 Å². The first-order valence-electron chi connectivity index (χ1n) is 5.49. The Morgan fingerprint density at radius 2 is 2.11 bits per heavy atom. The first-order valence-corrected chi connectivity index (χ1v) is 5.49. The van der Waals surface area contributed by atoms with Crippen molar-refractivity contribution >= 4 is 5.97 Å². The third kappa shape index (κ3) is 5.47. The summed E-state index contributed by atoms with van der Waals surface area (Å²) in [5.41, 5.74) is 0. The first-order chi connectivity index (χ1) is 8.76. The molecule has 0 bridgehead atoms. The number of aliphatic hydroxyl groups excluding tert-OH is 1. The predicted molar refractivity (Wildman–Crippen MR) is 65.1 cm³/mol. The molecule has 0 saturated carbocycles. The fourth-order valence-corrected chi connectivity index (χ4v) is 1.16. The molecule has 0 fully saturated rings. The van der Waals surface area contributed by atoms with Crippen molar-refractivity contribution in [3.05, 3.63) is 43.0 Å². The Morgan fingerprint density at radius 3 is 2.72 bits per heavy atom. The van der Waals surface area contributed by atoms with E-state index in [9.17, 15) is 4.79 Å². The zero-order chi connectivity index (χ0) is 13.2. The van der Waals surface area contributed by atoms with Crippen molar-refractivity contribution in [3.63, 3.8) is 0 Å². The topological polar surface area (TPSA) is 65.0 Å². The van der Waals surface area contributed by atoms with Gasteiger partial charge in [-0.05, 0) is 12.1 Å². The van der Waals surface area contributed by atoms with Crippen molar-refractivity contribution in [2.24, 2.45) is 0 Å². The van der Waals surface area contributed by atoms with Gasteiger partial charge in [-0.25, -0.2) is 4.79 Å². The highest BCUT2D eigenvalue weighted by molar-refractivity contribution is 5.81. The summed E-state index contributed by atoms with van der Waals surface area (Å²) in [6.45, 7) is 3.39. The van der Waals surface area contributed by atoms with E-state index in [1.165, 1.54) is 0 Å². The van der Waals surface area contributed by atoms with Gasteiger partial charge < -0.3 is 19.3 Å². The molecule has 1 unspecified atom stereocenters. The lowest BCUT2D eigenvalue weighted by Crippen LogP contribution is -2.29. The number of hydrogen-bond donors (Lipinski definition) is 1. The number of aliphatic hydroxyl groups is 1. The predicted octanol–water partition coefficient (Wildman–Crippen LogP) is 1.13. The molecule has 0 aliphatic rings. The van der Waals surface area contributed by atoms with E-state index in [0.29, 0.717) is 5.75 Å². The van der Waals surface area contributed by atoms with E-state index in [-0.39, 0.29) is 19.8 Å². The summed E-state index contributed by atoms with van der Waals surface area (Å²) >= 11 is 0. The SMILES string of the molecule is C=CC(=O)OC(COCCO)Oc1ccccc1. The molecule has 0 spiro atoms. The zero-order valence-corrected chi connectivity index (χ0v) is 9.95. The standard InChI is InChI=1S/C13H16O5/c1-2-12(15)18-13(10-16-9-8-14)17-11-6-4-3-5-7-11/h2-7,13-14H,1,8-10H2. The van der Waals surface area contributed by atoms with Crippen LogP contribution in [-0.2, 0) is 14.3 Å². The van der Waals surface area contributed by atoms with E-state index in [0.717, 1.165) is 6.08 Å². The first kappa shape index (κ1) is 14.2. The van der Waals surface area contributed by atoms with Crippen molar-refractivity contribution < 1.29 is 24.1 Å². The zero-order valence-electron chi connectivity index (χ0n) is 9.95. The highest BCUT2D eigenvalue weighted by Crippen LogP contribution is 2.12. The van der Waals surface area contributed by atoms with Gasteiger partial charge in [-0.3, -0.25) is 0 Å². The molecule has 0 saturated heterocycles. The highest BCUT2D eigenvalue weighted by Gasteiger charge is 2.14. The Hall–Kier alpha value is -1.85. The van der Waals surface area contributed by atoms with Crippen LogP contribution < -0.4 is 4.74 Å². The lowest BCUT2D eigenvalue weighted by atomic mass is 10.3. The van der Waals surface area contributed by atoms with Crippen molar-refractivity contribution in [1.29, 1.82) is 0 Å². The number of rotatable bonds is 8. The van der Waals surface area contributed by atoms with Crippen molar-refractivity contribution in [1.82, 2.24) is 0 Å². The summed E-state index contributed by atoms with van der Waals surface area (Å²) in [6, 6.07) is 8.92. The Morgan fingerprint density at radius 1 is 1.39 bits per heavy atom. The van der Waals surface area contributed by atoms with Crippen molar-refractivity contribution in [2.75, 3.05) is 19.8 Å². The number of para-hydroxylation sites is 1. The number of esters is 1. The maximum absolute atomic E-state index is 11.1. The Labute approximate surface area is 106 Å².